The summed E-state index contributed by atoms with van der Waals surface area (Å²) in [5.41, 5.74) is 1.12. The number of benzene rings is 1. The second kappa shape index (κ2) is 9.50. The van der Waals surface area contributed by atoms with Crippen molar-refractivity contribution in [3.05, 3.63) is 52.2 Å². The fourth-order valence-electron chi connectivity index (χ4n) is 3.47. The molecule has 3 rings (SSSR count). The lowest BCUT2D eigenvalue weighted by molar-refractivity contribution is -0.121. The predicted octanol–water partition coefficient (Wildman–Crippen LogP) is 1.41. The molecule has 0 radical (unpaired) electrons. The average Bonchev–Trinajstić information content (AvgIpc) is 2.83. The van der Waals surface area contributed by atoms with Gasteiger partial charge in [-0.2, -0.15) is 5.10 Å². The van der Waals surface area contributed by atoms with Crippen LogP contribution in [0.3, 0.4) is 0 Å². The zero-order chi connectivity index (χ0) is 19.1. The van der Waals surface area contributed by atoms with E-state index in [1.165, 1.54) is 10.2 Å². The van der Waals surface area contributed by atoms with E-state index in [4.69, 9.17) is 0 Å². The number of rotatable bonds is 8. The van der Waals surface area contributed by atoms with Crippen molar-refractivity contribution in [2.24, 2.45) is 0 Å². The van der Waals surface area contributed by atoms with Gasteiger partial charge in [0, 0.05) is 26.1 Å². The Hall–Kier alpha value is -2.41. The van der Waals surface area contributed by atoms with E-state index in [9.17, 15) is 9.59 Å². The number of hydrogen-bond donors (Lipinski definition) is 1. The standard InChI is InChI=1S/C20H29N5O2/c1-23(15-17-9-4-2-5-10-17)13-8-12-21-19(26)16-25-20(27)24-14-7-3-6-11-18(24)22-25/h2,4-5,9-10H,3,6-8,11-16H2,1H3,(H,21,26). The Bertz CT molecular complexity index is 796. The van der Waals surface area contributed by atoms with E-state index in [2.05, 4.69) is 34.5 Å². The summed E-state index contributed by atoms with van der Waals surface area (Å²) in [7, 11) is 2.08. The Balaban J connectivity index is 1.39. The molecule has 1 aliphatic heterocycles. The first-order chi connectivity index (χ1) is 13.1. The zero-order valence-corrected chi connectivity index (χ0v) is 16.1. The van der Waals surface area contributed by atoms with Gasteiger partial charge in [0.2, 0.25) is 5.91 Å². The molecule has 0 spiro atoms. The van der Waals surface area contributed by atoms with E-state index in [-0.39, 0.29) is 18.1 Å². The van der Waals surface area contributed by atoms with Gasteiger partial charge in [-0.15, -0.1) is 0 Å². The Morgan fingerprint density at radius 3 is 2.85 bits per heavy atom. The molecule has 1 aromatic carbocycles. The highest BCUT2D eigenvalue weighted by molar-refractivity contribution is 5.75. The van der Waals surface area contributed by atoms with E-state index in [0.29, 0.717) is 13.1 Å². The Morgan fingerprint density at radius 1 is 1.22 bits per heavy atom. The largest absolute Gasteiger partial charge is 0.354 e. The van der Waals surface area contributed by atoms with Crippen LogP contribution in [0.5, 0.6) is 0 Å². The van der Waals surface area contributed by atoms with Gasteiger partial charge in [0.05, 0.1) is 0 Å². The lowest BCUT2D eigenvalue weighted by Crippen LogP contribution is -2.35. The van der Waals surface area contributed by atoms with Crippen LogP contribution >= 0.6 is 0 Å². The molecule has 146 valence electrons. The van der Waals surface area contributed by atoms with E-state index >= 15 is 0 Å². The SMILES string of the molecule is CN(CCCNC(=O)Cn1nc2n(c1=O)CCCCC2)Cc1ccccc1. The maximum Gasteiger partial charge on any atom is 0.346 e. The zero-order valence-electron chi connectivity index (χ0n) is 16.1. The summed E-state index contributed by atoms with van der Waals surface area (Å²) in [6.07, 6.45) is 4.86. The summed E-state index contributed by atoms with van der Waals surface area (Å²) in [5.74, 6) is 0.656. The van der Waals surface area contributed by atoms with Gasteiger partial charge in [0.15, 0.2) is 0 Å². The maximum absolute atomic E-state index is 12.4. The van der Waals surface area contributed by atoms with Gasteiger partial charge in [0.1, 0.15) is 12.4 Å². The molecule has 0 aliphatic carbocycles. The van der Waals surface area contributed by atoms with Gasteiger partial charge < -0.3 is 10.2 Å². The van der Waals surface area contributed by atoms with Crippen molar-refractivity contribution >= 4 is 5.91 Å². The molecule has 2 aromatic rings. The summed E-state index contributed by atoms with van der Waals surface area (Å²) < 4.78 is 3.02. The normalized spacial score (nSPS) is 14.0. The average molecular weight is 371 g/mol. The van der Waals surface area contributed by atoms with Crippen molar-refractivity contribution in [3.8, 4) is 0 Å². The minimum absolute atomic E-state index is 0.00130. The van der Waals surface area contributed by atoms with Gasteiger partial charge in [-0.3, -0.25) is 9.36 Å². The summed E-state index contributed by atoms with van der Waals surface area (Å²) in [4.78, 5) is 26.8. The summed E-state index contributed by atoms with van der Waals surface area (Å²) in [6.45, 7) is 3.10. The predicted molar refractivity (Wildman–Crippen MR) is 104 cm³/mol. The number of hydrogen-bond acceptors (Lipinski definition) is 4. The molecule has 0 saturated carbocycles. The second-order valence-electron chi connectivity index (χ2n) is 7.25. The van der Waals surface area contributed by atoms with Crippen LogP contribution in [0.1, 0.15) is 37.1 Å². The number of amides is 1. The molecular weight excluding hydrogens is 342 g/mol. The third-order valence-electron chi connectivity index (χ3n) is 4.91. The minimum atomic E-state index is -0.162. The van der Waals surface area contributed by atoms with Crippen LogP contribution in [-0.4, -0.2) is 45.3 Å². The third-order valence-corrected chi connectivity index (χ3v) is 4.91. The van der Waals surface area contributed by atoms with Gasteiger partial charge in [-0.05, 0) is 38.4 Å². The molecule has 7 heteroatoms. The van der Waals surface area contributed by atoms with Gasteiger partial charge in [-0.1, -0.05) is 36.8 Å². The van der Waals surface area contributed by atoms with Crippen molar-refractivity contribution in [1.82, 2.24) is 24.6 Å². The van der Waals surface area contributed by atoms with Crippen LogP contribution in [-0.2, 0) is 30.8 Å². The van der Waals surface area contributed by atoms with Crippen molar-refractivity contribution in [1.29, 1.82) is 0 Å². The van der Waals surface area contributed by atoms with Crippen molar-refractivity contribution in [2.75, 3.05) is 20.1 Å². The topological polar surface area (TPSA) is 72.2 Å². The fourth-order valence-corrected chi connectivity index (χ4v) is 3.47. The first-order valence-corrected chi connectivity index (χ1v) is 9.79. The number of nitrogens with zero attached hydrogens (tertiary/aromatic N) is 4. The molecule has 1 N–H and O–H groups in total. The number of fused-ring (bicyclic) bond motifs is 1. The molecule has 0 saturated heterocycles. The molecule has 27 heavy (non-hydrogen) atoms. The first-order valence-electron chi connectivity index (χ1n) is 9.79. The second-order valence-corrected chi connectivity index (χ2v) is 7.25. The van der Waals surface area contributed by atoms with Crippen LogP contribution in [0.4, 0.5) is 0 Å². The smallest absolute Gasteiger partial charge is 0.346 e. The van der Waals surface area contributed by atoms with Crippen molar-refractivity contribution in [2.45, 2.75) is 51.7 Å². The van der Waals surface area contributed by atoms with Crippen molar-refractivity contribution < 1.29 is 4.79 Å². The van der Waals surface area contributed by atoms with Gasteiger partial charge >= 0.3 is 5.69 Å². The lowest BCUT2D eigenvalue weighted by atomic mass is 10.2. The first kappa shape index (κ1) is 19.4. The lowest BCUT2D eigenvalue weighted by Gasteiger charge is -2.16. The maximum atomic E-state index is 12.4. The number of aromatic nitrogens is 3. The molecule has 7 nitrogen and oxygen atoms in total. The third kappa shape index (κ3) is 5.53. The highest BCUT2D eigenvalue weighted by Gasteiger charge is 2.17. The Labute approximate surface area is 160 Å². The van der Waals surface area contributed by atoms with E-state index in [1.54, 1.807) is 4.57 Å². The number of carbonyl (C=O) groups is 1. The van der Waals surface area contributed by atoms with Gasteiger partial charge in [0.25, 0.3) is 0 Å². The molecule has 0 fully saturated rings. The molecule has 1 amide bonds. The molecule has 0 bridgehead atoms. The number of carbonyl (C=O) groups excluding carboxylic acids is 1. The molecule has 0 atom stereocenters. The van der Waals surface area contributed by atoms with E-state index in [0.717, 1.165) is 51.0 Å². The minimum Gasteiger partial charge on any atom is -0.354 e. The van der Waals surface area contributed by atoms with Crippen LogP contribution < -0.4 is 11.0 Å². The van der Waals surface area contributed by atoms with Crippen molar-refractivity contribution in [3.63, 3.8) is 0 Å². The highest BCUT2D eigenvalue weighted by Crippen LogP contribution is 2.10. The quantitative estimate of drug-likeness (QED) is 0.712. The molecule has 0 unspecified atom stereocenters. The fraction of sp³-hybridized carbons (Fsp3) is 0.550. The number of nitrogens with one attached hydrogen (secondary N) is 1. The Morgan fingerprint density at radius 2 is 2.04 bits per heavy atom. The molecular formula is C20H29N5O2. The van der Waals surface area contributed by atoms with Crippen LogP contribution in [0.2, 0.25) is 0 Å². The van der Waals surface area contributed by atoms with Crippen LogP contribution in [0.25, 0.3) is 0 Å². The van der Waals surface area contributed by atoms with E-state index < -0.39 is 0 Å². The summed E-state index contributed by atoms with van der Waals surface area (Å²) >= 11 is 0. The summed E-state index contributed by atoms with van der Waals surface area (Å²) in [6, 6.07) is 10.3. The molecule has 1 aromatic heterocycles. The van der Waals surface area contributed by atoms with Crippen LogP contribution in [0.15, 0.2) is 35.1 Å². The molecule has 2 heterocycles. The Kier molecular flexibility index (Phi) is 6.81. The van der Waals surface area contributed by atoms with Crippen LogP contribution in [0, 0.1) is 0 Å². The number of aryl methyl sites for hydroxylation is 1. The molecule has 1 aliphatic rings. The van der Waals surface area contributed by atoms with E-state index in [1.807, 2.05) is 18.2 Å². The summed E-state index contributed by atoms with van der Waals surface area (Å²) in [5, 5.41) is 7.25. The van der Waals surface area contributed by atoms with Gasteiger partial charge in [-0.25, -0.2) is 9.48 Å². The highest BCUT2D eigenvalue weighted by atomic mass is 16.2. The monoisotopic (exact) mass is 371 g/mol.